The summed E-state index contributed by atoms with van der Waals surface area (Å²) in [6.07, 6.45) is 5.13. The summed E-state index contributed by atoms with van der Waals surface area (Å²) in [5.74, 6) is 0.849. The van der Waals surface area contributed by atoms with Crippen LogP contribution in [-0.4, -0.2) is 17.1 Å². The molecule has 0 aliphatic rings. The number of aromatic nitrogens is 2. The lowest BCUT2D eigenvalue weighted by molar-refractivity contribution is 0.415. The molecule has 0 spiro atoms. The normalized spacial score (nSPS) is 10.0. The molecule has 0 saturated carbocycles. The van der Waals surface area contributed by atoms with E-state index in [1.54, 1.807) is 19.5 Å². The van der Waals surface area contributed by atoms with Crippen LogP contribution in [-0.2, 0) is 6.54 Å². The summed E-state index contributed by atoms with van der Waals surface area (Å²) in [6.45, 7) is 2.76. The average molecular weight is 229 g/mol. The van der Waals surface area contributed by atoms with Crippen molar-refractivity contribution in [1.82, 2.24) is 9.97 Å². The van der Waals surface area contributed by atoms with Crippen molar-refractivity contribution >= 4 is 5.69 Å². The van der Waals surface area contributed by atoms with Gasteiger partial charge in [-0.3, -0.25) is 0 Å². The number of hydrogen-bond donors (Lipinski definition) is 1. The number of nitrogens with zero attached hydrogens (tertiary/aromatic N) is 2. The number of hydrogen-bond acceptors (Lipinski definition) is 4. The lowest BCUT2D eigenvalue weighted by Gasteiger charge is -2.10. The van der Waals surface area contributed by atoms with Gasteiger partial charge in [0.15, 0.2) is 0 Å². The molecular weight excluding hydrogens is 214 g/mol. The molecule has 0 unspecified atom stereocenters. The van der Waals surface area contributed by atoms with Crippen molar-refractivity contribution in [1.29, 1.82) is 0 Å². The maximum Gasteiger partial charge on any atom is 0.120 e. The monoisotopic (exact) mass is 229 g/mol. The Morgan fingerprint density at radius 1 is 1.24 bits per heavy atom. The smallest absolute Gasteiger partial charge is 0.120 e. The Morgan fingerprint density at radius 3 is 2.71 bits per heavy atom. The molecule has 0 bridgehead atoms. The van der Waals surface area contributed by atoms with E-state index in [1.165, 1.54) is 11.9 Å². The Hall–Kier alpha value is -2.10. The van der Waals surface area contributed by atoms with Gasteiger partial charge in [-0.1, -0.05) is 6.07 Å². The maximum atomic E-state index is 5.20. The van der Waals surface area contributed by atoms with E-state index in [0.717, 1.165) is 17.0 Å². The summed E-state index contributed by atoms with van der Waals surface area (Å²) in [5, 5.41) is 3.34. The Balaban J connectivity index is 2.08. The number of rotatable bonds is 4. The number of benzene rings is 1. The van der Waals surface area contributed by atoms with E-state index in [0.29, 0.717) is 6.54 Å². The molecular formula is C13H15N3O. The van der Waals surface area contributed by atoms with Crippen LogP contribution < -0.4 is 10.1 Å². The number of ether oxygens (including phenoxy) is 1. The first-order chi connectivity index (χ1) is 8.29. The van der Waals surface area contributed by atoms with Crippen molar-refractivity contribution in [3.8, 4) is 5.75 Å². The van der Waals surface area contributed by atoms with Crippen LogP contribution >= 0.6 is 0 Å². The van der Waals surface area contributed by atoms with E-state index in [1.807, 2.05) is 18.2 Å². The minimum absolute atomic E-state index is 0.703. The molecule has 0 atom stereocenters. The maximum absolute atomic E-state index is 5.20. The fraction of sp³-hybridized carbons (Fsp3) is 0.231. The number of methoxy groups -OCH3 is 1. The Bertz CT molecular complexity index is 485. The molecule has 2 rings (SSSR count). The van der Waals surface area contributed by atoms with Crippen LogP contribution in [0.5, 0.6) is 5.75 Å². The summed E-state index contributed by atoms with van der Waals surface area (Å²) >= 11 is 0. The molecule has 0 fully saturated rings. The van der Waals surface area contributed by atoms with Crippen LogP contribution in [0.4, 0.5) is 5.69 Å². The van der Waals surface area contributed by atoms with Gasteiger partial charge < -0.3 is 10.1 Å². The van der Waals surface area contributed by atoms with Crippen molar-refractivity contribution < 1.29 is 4.74 Å². The van der Waals surface area contributed by atoms with Crippen molar-refractivity contribution in [2.45, 2.75) is 13.5 Å². The Labute approximate surface area is 101 Å². The summed E-state index contributed by atoms with van der Waals surface area (Å²) in [6, 6.07) is 5.97. The molecule has 1 N–H and O–H groups in total. The molecule has 0 radical (unpaired) electrons. The van der Waals surface area contributed by atoms with Crippen molar-refractivity contribution in [2.24, 2.45) is 0 Å². The quantitative estimate of drug-likeness (QED) is 0.874. The topological polar surface area (TPSA) is 47.0 Å². The molecule has 17 heavy (non-hydrogen) atoms. The van der Waals surface area contributed by atoms with Gasteiger partial charge in [0.1, 0.15) is 12.1 Å². The minimum atomic E-state index is 0.703. The lowest BCUT2D eigenvalue weighted by atomic mass is 10.2. The first-order valence-electron chi connectivity index (χ1n) is 5.42. The second kappa shape index (κ2) is 5.30. The van der Waals surface area contributed by atoms with Crippen LogP contribution in [0, 0.1) is 6.92 Å². The van der Waals surface area contributed by atoms with Crippen molar-refractivity contribution in [3.63, 3.8) is 0 Å². The van der Waals surface area contributed by atoms with Gasteiger partial charge in [-0.25, -0.2) is 9.97 Å². The zero-order chi connectivity index (χ0) is 12.1. The average Bonchev–Trinajstić information content (AvgIpc) is 2.39. The molecule has 88 valence electrons. The molecule has 4 heteroatoms. The van der Waals surface area contributed by atoms with Gasteiger partial charge in [0.2, 0.25) is 0 Å². The van der Waals surface area contributed by atoms with Crippen molar-refractivity contribution in [3.05, 3.63) is 48.0 Å². The van der Waals surface area contributed by atoms with Gasteiger partial charge in [-0.2, -0.15) is 0 Å². The van der Waals surface area contributed by atoms with E-state index in [-0.39, 0.29) is 0 Å². The van der Waals surface area contributed by atoms with Crippen LogP contribution in [0.15, 0.2) is 36.9 Å². The summed E-state index contributed by atoms with van der Waals surface area (Å²) in [7, 11) is 1.67. The summed E-state index contributed by atoms with van der Waals surface area (Å²) in [4.78, 5) is 7.95. The van der Waals surface area contributed by atoms with E-state index >= 15 is 0 Å². The zero-order valence-corrected chi connectivity index (χ0v) is 9.97. The fourth-order valence-corrected chi connectivity index (χ4v) is 1.54. The molecule has 0 aliphatic heterocycles. The van der Waals surface area contributed by atoms with Gasteiger partial charge in [0.05, 0.1) is 7.11 Å². The fourth-order valence-electron chi connectivity index (χ4n) is 1.54. The van der Waals surface area contributed by atoms with E-state index in [2.05, 4.69) is 22.2 Å². The highest BCUT2D eigenvalue weighted by atomic mass is 16.5. The van der Waals surface area contributed by atoms with Gasteiger partial charge >= 0.3 is 0 Å². The summed E-state index contributed by atoms with van der Waals surface area (Å²) < 4.78 is 5.20. The van der Waals surface area contributed by atoms with Crippen LogP contribution in [0.3, 0.4) is 0 Å². The van der Waals surface area contributed by atoms with Gasteiger partial charge in [-0.15, -0.1) is 0 Å². The molecule has 1 aromatic carbocycles. The zero-order valence-electron chi connectivity index (χ0n) is 9.97. The predicted molar refractivity (Wildman–Crippen MR) is 67.1 cm³/mol. The number of aryl methyl sites for hydroxylation is 1. The molecule has 0 amide bonds. The second-order valence-electron chi connectivity index (χ2n) is 3.78. The highest BCUT2D eigenvalue weighted by molar-refractivity contribution is 5.54. The first kappa shape index (κ1) is 11.4. The lowest BCUT2D eigenvalue weighted by Crippen LogP contribution is -2.02. The largest absolute Gasteiger partial charge is 0.497 e. The molecule has 4 nitrogen and oxygen atoms in total. The Morgan fingerprint density at radius 2 is 2.00 bits per heavy atom. The standard InChI is InChI=1S/C13H15N3O/c1-10-3-4-12(17-2)5-13(10)16-8-11-6-14-9-15-7-11/h3-7,9,16H,8H2,1-2H3. The third-order valence-electron chi connectivity index (χ3n) is 2.54. The van der Waals surface area contributed by atoms with Crippen LogP contribution in [0.25, 0.3) is 0 Å². The highest BCUT2D eigenvalue weighted by Crippen LogP contribution is 2.22. The van der Waals surface area contributed by atoms with E-state index in [4.69, 9.17) is 4.74 Å². The Kier molecular flexibility index (Phi) is 3.55. The molecule has 0 aliphatic carbocycles. The number of anilines is 1. The highest BCUT2D eigenvalue weighted by Gasteiger charge is 2.00. The third kappa shape index (κ3) is 2.93. The van der Waals surface area contributed by atoms with Crippen LogP contribution in [0.2, 0.25) is 0 Å². The second-order valence-corrected chi connectivity index (χ2v) is 3.78. The van der Waals surface area contributed by atoms with Crippen molar-refractivity contribution in [2.75, 3.05) is 12.4 Å². The molecule has 1 aromatic heterocycles. The third-order valence-corrected chi connectivity index (χ3v) is 2.54. The SMILES string of the molecule is COc1ccc(C)c(NCc2cncnc2)c1. The van der Waals surface area contributed by atoms with E-state index in [9.17, 15) is 0 Å². The first-order valence-corrected chi connectivity index (χ1v) is 5.42. The van der Waals surface area contributed by atoms with Gasteiger partial charge in [-0.05, 0) is 18.6 Å². The minimum Gasteiger partial charge on any atom is -0.497 e. The number of nitrogens with one attached hydrogen (secondary N) is 1. The summed E-state index contributed by atoms with van der Waals surface area (Å²) in [5.41, 5.74) is 3.30. The molecule has 0 saturated heterocycles. The van der Waals surface area contributed by atoms with Gasteiger partial charge in [0.25, 0.3) is 0 Å². The van der Waals surface area contributed by atoms with Gasteiger partial charge in [0, 0.05) is 36.3 Å². The van der Waals surface area contributed by atoms with E-state index < -0.39 is 0 Å². The van der Waals surface area contributed by atoms with Crippen LogP contribution in [0.1, 0.15) is 11.1 Å². The molecule has 2 aromatic rings. The molecule has 1 heterocycles. The predicted octanol–water partition coefficient (Wildman–Crippen LogP) is 2.41.